The molecule has 1 aliphatic rings. The minimum atomic E-state index is -1.06. The van der Waals surface area contributed by atoms with E-state index in [1.165, 1.54) is 38.5 Å². The standard InChI is InChI=1S/C24H30O2/c1-3-5-6-7-8-9-10-11-12-15-19-24(18-4-2)22(25)20-16-13-14-17-21(20)23(24)26/h4,13-14,16-17H,2-3,5-11,18-19H2,1H3. The average Bonchev–Trinajstić information content (AvgIpc) is 2.86. The molecule has 2 rings (SSSR count). The number of carbonyl (C=O) groups excluding carboxylic acids is 2. The molecule has 1 aromatic carbocycles. The first-order valence-electron chi connectivity index (χ1n) is 9.92. The molecule has 2 nitrogen and oxygen atoms in total. The normalized spacial score (nSPS) is 14.7. The summed E-state index contributed by atoms with van der Waals surface area (Å²) in [4.78, 5) is 25.7. The first kappa shape index (κ1) is 20.2. The highest BCUT2D eigenvalue weighted by molar-refractivity contribution is 6.29. The number of allylic oxidation sites excluding steroid dienone is 1. The van der Waals surface area contributed by atoms with Crippen molar-refractivity contribution in [3.63, 3.8) is 0 Å². The molecule has 1 aromatic rings. The first-order chi connectivity index (χ1) is 12.7. The summed E-state index contributed by atoms with van der Waals surface area (Å²) in [7, 11) is 0. The number of hydrogen-bond donors (Lipinski definition) is 0. The van der Waals surface area contributed by atoms with E-state index in [-0.39, 0.29) is 11.6 Å². The Morgan fingerprint density at radius 1 is 0.923 bits per heavy atom. The number of Topliss-reactive ketones (excluding diaryl/α,β-unsaturated/α-hetero) is 2. The molecule has 0 unspecified atom stereocenters. The average molecular weight is 351 g/mol. The first-order valence-corrected chi connectivity index (χ1v) is 9.92. The lowest BCUT2D eigenvalue weighted by Gasteiger charge is -2.21. The largest absolute Gasteiger partial charge is 0.293 e. The summed E-state index contributed by atoms with van der Waals surface area (Å²) >= 11 is 0. The molecule has 26 heavy (non-hydrogen) atoms. The second-order valence-electron chi connectivity index (χ2n) is 7.18. The van der Waals surface area contributed by atoms with Gasteiger partial charge in [-0.25, -0.2) is 0 Å². The maximum absolute atomic E-state index is 12.9. The molecular formula is C24H30O2. The van der Waals surface area contributed by atoms with Crippen LogP contribution in [0.5, 0.6) is 0 Å². The highest BCUT2D eigenvalue weighted by atomic mass is 16.2. The fourth-order valence-electron chi connectivity index (χ4n) is 3.63. The van der Waals surface area contributed by atoms with Crippen LogP contribution >= 0.6 is 0 Å². The number of carbonyl (C=O) groups is 2. The molecule has 0 radical (unpaired) electrons. The molecule has 0 aliphatic heterocycles. The molecule has 0 bridgehead atoms. The number of unbranched alkanes of at least 4 members (excludes halogenated alkanes) is 7. The Kier molecular flexibility index (Phi) is 7.85. The quantitative estimate of drug-likeness (QED) is 0.219. The molecule has 0 atom stereocenters. The molecular weight excluding hydrogens is 320 g/mol. The summed E-state index contributed by atoms with van der Waals surface area (Å²) in [6, 6.07) is 7.10. The molecule has 0 amide bonds. The summed E-state index contributed by atoms with van der Waals surface area (Å²) in [5, 5.41) is 0. The van der Waals surface area contributed by atoms with Gasteiger partial charge in [-0.3, -0.25) is 9.59 Å². The van der Waals surface area contributed by atoms with Gasteiger partial charge in [0.1, 0.15) is 5.41 Å². The van der Waals surface area contributed by atoms with Crippen molar-refractivity contribution in [1.29, 1.82) is 0 Å². The van der Waals surface area contributed by atoms with E-state index in [0.717, 1.165) is 12.8 Å². The lowest BCUT2D eigenvalue weighted by Crippen LogP contribution is -2.32. The van der Waals surface area contributed by atoms with Crippen LogP contribution in [0.15, 0.2) is 36.9 Å². The third-order valence-electron chi connectivity index (χ3n) is 5.20. The summed E-state index contributed by atoms with van der Waals surface area (Å²) in [6.07, 6.45) is 12.0. The molecule has 0 N–H and O–H groups in total. The van der Waals surface area contributed by atoms with Crippen LogP contribution in [0.25, 0.3) is 0 Å². The van der Waals surface area contributed by atoms with Gasteiger partial charge in [0.05, 0.1) is 0 Å². The molecule has 138 valence electrons. The summed E-state index contributed by atoms with van der Waals surface area (Å²) in [5.41, 5.74) is 0.0138. The number of rotatable bonds is 10. The molecule has 0 fully saturated rings. The van der Waals surface area contributed by atoms with Crippen molar-refractivity contribution < 1.29 is 9.59 Å². The van der Waals surface area contributed by atoms with E-state index in [2.05, 4.69) is 25.3 Å². The predicted molar refractivity (Wildman–Crippen MR) is 107 cm³/mol. The minimum Gasteiger partial charge on any atom is -0.293 e. The molecule has 2 heteroatoms. The van der Waals surface area contributed by atoms with Gasteiger partial charge in [0.15, 0.2) is 11.6 Å². The van der Waals surface area contributed by atoms with Crippen LogP contribution in [0.3, 0.4) is 0 Å². The van der Waals surface area contributed by atoms with Gasteiger partial charge in [-0.1, -0.05) is 75.8 Å². The van der Waals surface area contributed by atoms with Crippen LogP contribution in [0, 0.1) is 17.3 Å². The van der Waals surface area contributed by atoms with Crippen LogP contribution in [0.2, 0.25) is 0 Å². The van der Waals surface area contributed by atoms with Crippen molar-refractivity contribution >= 4 is 11.6 Å². The number of benzene rings is 1. The van der Waals surface area contributed by atoms with E-state index in [9.17, 15) is 9.59 Å². The summed E-state index contributed by atoms with van der Waals surface area (Å²) < 4.78 is 0. The number of hydrogen-bond acceptors (Lipinski definition) is 2. The molecule has 0 aromatic heterocycles. The van der Waals surface area contributed by atoms with E-state index >= 15 is 0 Å². The fraction of sp³-hybridized carbons (Fsp3) is 0.500. The zero-order chi connectivity index (χ0) is 18.8. The van der Waals surface area contributed by atoms with E-state index in [4.69, 9.17) is 0 Å². The Bertz CT molecular complexity index is 667. The third kappa shape index (κ3) is 4.52. The van der Waals surface area contributed by atoms with E-state index in [0.29, 0.717) is 24.0 Å². The topological polar surface area (TPSA) is 34.1 Å². The van der Waals surface area contributed by atoms with Crippen LogP contribution in [0.4, 0.5) is 0 Å². The Balaban J connectivity index is 1.90. The van der Waals surface area contributed by atoms with Crippen molar-refractivity contribution in [3.8, 4) is 11.8 Å². The van der Waals surface area contributed by atoms with Crippen LogP contribution in [0.1, 0.15) is 91.8 Å². The minimum absolute atomic E-state index is 0.0942. The van der Waals surface area contributed by atoms with E-state index in [1.54, 1.807) is 30.3 Å². The van der Waals surface area contributed by atoms with Gasteiger partial charge in [-0.15, -0.1) is 18.4 Å². The lowest BCUT2D eigenvalue weighted by molar-refractivity contribution is 0.0706. The summed E-state index contributed by atoms with van der Waals surface area (Å²) in [5.74, 6) is 6.11. The molecule has 1 aliphatic carbocycles. The molecule has 0 heterocycles. The fourth-order valence-corrected chi connectivity index (χ4v) is 3.63. The van der Waals surface area contributed by atoms with Crippen molar-refractivity contribution in [2.24, 2.45) is 5.41 Å². The van der Waals surface area contributed by atoms with Crippen LogP contribution in [-0.4, -0.2) is 11.6 Å². The second kappa shape index (κ2) is 10.1. The van der Waals surface area contributed by atoms with Gasteiger partial charge in [0.2, 0.25) is 0 Å². The van der Waals surface area contributed by atoms with Gasteiger partial charge in [0.25, 0.3) is 0 Å². The Labute approximate surface area is 158 Å². The SMILES string of the molecule is C=CCC1(CC#CCCCCCCCCC)C(=O)c2ccccc2C1=O. The highest BCUT2D eigenvalue weighted by Gasteiger charge is 2.51. The smallest absolute Gasteiger partial charge is 0.178 e. The molecule has 0 spiro atoms. The van der Waals surface area contributed by atoms with Crippen molar-refractivity contribution in [2.75, 3.05) is 0 Å². The number of ketones is 2. The second-order valence-corrected chi connectivity index (χ2v) is 7.18. The Morgan fingerprint density at radius 2 is 1.50 bits per heavy atom. The lowest BCUT2D eigenvalue weighted by atomic mass is 9.76. The zero-order valence-corrected chi connectivity index (χ0v) is 16.0. The molecule has 0 saturated carbocycles. The van der Waals surface area contributed by atoms with E-state index in [1.807, 2.05) is 0 Å². The predicted octanol–water partition coefficient (Wildman–Crippen LogP) is 6.16. The van der Waals surface area contributed by atoms with Crippen molar-refractivity contribution in [3.05, 3.63) is 48.0 Å². The van der Waals surface area contributed by atoms with Gasteiger partial charge in [-0.2, -0.15) is 0 Å². The van der Waals surface area contributed by atoms with Crippen LogP contribution in [-0.2, 0) is 0 Å². The van der Waals surface area contributed by atoms with Crippen LogP contribution < -0.4 is 0 Å². The van der Waals surface area contributed by atoms with Crippen molar-refractivity contribution in [2.45, 2.75) is 71.1 Å². The van der Waals surface area contributed by atoms with Gasteiger partial charge >= 0.3 is 0 Å². The Morgan fingerprint density at radius 3 is 2.08 bits per heavy atom. The number of fused-ring (bicyclic) bond motifs is 1. The third-order valence-corrected chi connectivity index (χ3v) is 5.20. The monoisotopic (exact) mass is 350 g/mol. The summed E-state index contributed by atoms with van der Waals surface area (Å²) in [6.45, 7) is 5.98. The van der Waals surface area contributed by atoms with Crippen molar-refractivity contribution in [1.82, 2.24) is 0 Å². The van der Waals surface area contributed by atoms with Gasteiger partial charge in [0, 0.05) is 24.0 Å². The zero-order valence-electron chi connectivity index (χ0n) is 16.0. The van der Waals surface area contributed by atoms with Gasteiger partial charge in [-0.05, 0) is 12.8 Å². The highest BCUT2D eigenvalue weighted by Crippen LogP contribution is 2.42. The van der Waals surface area contributed by atoms with E-state index < -0.39 is 5.41 Å². The maximum Gasteiger partial charge on any atom is 0.178 e. The Hall–Kier alpha value is -2.14. The molecule has 0 saturated heterocycles. The maximum atomic E-state index is 12.9. The van der Waals surface area contributed by atoms with Gasteiger partial charge < -0.3 is 0 Å².